The van der Waals surface area contributed by atoms with Crippen molar-refractivity contribution in [3.63, 3.8) is 0 Å². The molecular weight excluding hydrogens is 460 g/mol. The highest BCUT2D eigenvalue weighted by molar-refractivity contribution is 6.33. The van der Waals surface area contributed by atoms with Gasteiger partial charge in [-0.2, -0.15) is 9.97 Å². The second-order valence-corrected chi connectivity index (χ2v) is 10.5. The molecule has 4 aliphatic rings. The monoisotopic (exact) mass is 490 g/mol. The maximum atomic E-state index is 6.73. The minimum Gasteiger partial charge on any atom is -0.423 e. The molecule has 0 bridgehead atoms. The van der Waals surface area contributed by atoms with Crippen LogP contribution in [0, 0.1) is 5.92 Å². The van der Waals surface area contributed by atoms with Gasteiger partial charge >= 0.3 is 6.01 Å². The van der Waals surface area contributed by atoms with E-state index >= 15 is 0 Å². The fraction of sp³-hybridized carbons (Fsp3) is 0.444. The average Bonchev–Trinajstić information content (AvgIpc) is 3.41. The maximum Gasteiger partial charge on any atom is 0.325 e. The molecule has 0 spiro atoms. The largest absolute Gasteiger partial charge is 0.423 e. The Morgan fingerprint density at radius 1 is 1.09 bits per heavy atom. The minimum atomic E-state index is 0.284. The highest BCUT2D eigenvalue weighted by Crippen LogP contribution is 2.39. The molecule has 2 aliphatic carbocycles. The van der Waals surface area contributed by atoms with E-state index in [1.165, 1.54) is 36.0 Å². The van der Waals surface area contributed by atoms with Crippen LogP contribution in [-0.2, 0) is 6.42 Å². The predicted octanol–water partition coefficient (Wildman–Crippen LogP) is 5.18. The number of ether oxygens (including phenoxy) is 1. The van der Waals surface area contributed by atoms with Crippen molar-refractivity contribution in [3.8, 4) is 11.8 Å². The molecule has 2 aromatic rings. The van der Waals surface area contributed by atoms with Gasteiger partial charge in [0.15, 0.2) is 0 Å². The van der Waals surface area contributed by atoms with Crippen molar-refractivity contribution < 1.29 is 4.74 Å². The van der Waals surface area contributed by atoms with Crippen molar-refractivity contribution in [3.05, 3.63) is 51.6 Å². The number of aliphatic imine (C=N–C) groups is 1. The van der Waals surface area contributed by atoms with E-state index in [4.69, 9.17) is 26.3 Å². The van der Waals surface area contributed by atoms with Crippen LogP contribution in [-0.4, -0.2) is 60.5 Å². The summed E-state index contributed by atoms with van der Waals surface area (Å²) in [5.41, 5.74) is 4.98. The lowest BCUT2D eigenvalue weighted by molar-refractivity contribution is 0.311. The number of allylic oxidation sites excluding steroid dienone is 1. The van der Waals surface area contributed by atoms with Gasteiger partial charge in [-0.1, -0.05) is 35.7 Å². The average molecular weight is 491 g/mol. The van der Waals surface area contributed by atoms with Crippen LogP contribution in [0.3, 0.4) is 0 Å². The van der Waals surface area contributed by atoms with E-state index in [-0.39, 0.29) is 6.01 Å². The second-order valence-electron chi connectivity index (χ2n) is 10.1. The van der Waals surface area contributed by atoms with Crippen molar-refractivity contribution in [1.82, 2.24) is 14.9 Å². The summed E-state index contributed by atoms with van der Waals surface area (Å²) in [6, 6.07) is 6.27. The summed E-state index contributed by atoms with van der Waals surface area (Å²) in [4.78, 5) is 18.8. The molecule has 0 radical (unpaired) electrons. The van der Waals surface area contributed by atoms with Crippen molar-refractivity contribution >= 4 is 35.1 Å². The first-order valence-corrected chi connectivity index (χ1v) is 12.9. The summed E-state index contributed by atoms with van der Waals surface area (Å²) in [7, 11) is 2.15. The molecule has 8 heteroatoms. The van der Waals surface area contributed by atoms with Crippen LogP contribution in [0.2, 0.25) is 5.02 Å². The number of halogens is 1. The van der Waals surface area contributed by atoms with Crippen LogP contribution < -0.4 is 15.0 Å². The fourth-order valence-corrected chi connectivity index (χ4v) is 5.37. The summed E-state index contributed by atoms with van der Waals surface area (Å²) in [6.45, 7) is 6.70. The Balaban J connectivity index is 1.29. The van der Waals surface area contributed by atoms with Crippen LogP contribution in [0.5, 0.6) is 11.8 Å². The van der Waals surface area contributed by atoms with E-state index < -0.39 is 0 Å². The lowest BCUT2D eigenvalue weighted by atomic mass is 9.80. The molecule has 2 fully saturated rings. The van der Waals surface area contributed by atoms with Gasteiger partial charge < -0.3 is 19.9 Å². The first-order valence-electron chi connectivity index (χ1n) is 12.5. The molecular formula is C27H31ClN6O. The number of hydrogen-bond donors (Lipinski definition) is 1. The standard InChI is InChI=1S/C27H31ClN6O/c1-17-12-19-6-7-22(26(28)21(19)13-17)35-27-31-24(15-25(32-27)34-10-8-33(2)9-11-34)30-23-14-20(16-29-23)18-4-3-5-18/h6-7,13-15,18H,3-5,8-12,16H2,1-2H3,(H,29,30,31,32). The van der Waals surface area contributed by atoms with Gasteiger partial charge in [-0.05, 0) is 62.4 Å². The van der Waals surface area contributed by atoms with Crippen LogP contribution >= 0.6 is 11.6 Å². The first-order chi connectivity index (χ1) is 17.0. The number of nitrogens with zero attached hydrogens (tertiary/aromatic N) is 5. The third-order valence-corrected chi connectivity index (χ3v) is 7.84. The third-order valence-electron chi connectivity index (χ3n) is 7.46. The Labute approximate surface area is 211 Å². The van der Waals surface area contributed by atoms with Crippen LogP contribution in [0.4, 0.5) is 11.6 Å². The lowest BCUT2D eigenvalue weighted by Crippen LogP contribution is -2.44. The van der Waals surface area contributed by atoms with E-state index in [9.17, 15) is 0 Å². The van der Waals surface area contributed by atoms with Gasteiger partial charge in [-0.25, -0.2) is 0 Å². The highest BCUT2D eigenvalue weighted by Gasteiger charge is 2.25. The molecule has 0 amide bonds. The van der Waals surface area contributed by atoms with Gasteiger partial charge in [0, 0.05) is 37.8 Å². The van der Waals surface area contributed by atoms with Gasteiger partial charge in [0.25, 0.3) is 0 Å². The normalized spacial score (nSPS) is 20.2. The third kappa shape index (κ3) is 4.67. The number of fused-ring (bicyclic) bond motifs is 1. The Bertz CT molecular complexity index is 1240. The van der Waals surface area contributed by atoms with Gasteiger partial charge in [0.1, 0.15) is 23.2 Å². The van der Waals surface area contributed by atoms with Crippen molar-refractivity contribution in [2.45, 2.75) is 32.6 Å². The van der Waals surface area contributed by atoms with E-state index in [1.54, 1.807) is 0 Å². The van der Waals surface area contributed by atoms with E-state index in [2.05, 4.69) is 52.3 Å². The molecule has 1 aromatic carbocycles. The number of aromatic nitrogens is 2. The summed E-state index contributed by atoms with van der Waals surface area (Å²) in [5.74, 6) is 3.66. The summed E-state index contributed by atoms with van der Waals surface area (Å²) in [6.07, 6.45) is 9.13. The first kappa shape index (κ1) is 22.6. The summed E-state index contributed by atoms with van der Waals surface area (Å²) in [5, 5.41) is 4.02. The van der Waals surface area contributed by atoms with Gasteiger partial charge in [-0.15, -0.1) is 0 Å². The zero-order chi connectivity index (χ0) is 23.9. The van der Waals surface area contributed by atoms with E-state index in [1.807, 2.05) is 12.1 Å². The van der Waals surface area contributed by atoms with E-state index in [0.29, 0.717) is 22.5 Å². The smallest absolute Gasteiger partial charge is 0.325 e. The lowest BCUT2D eigenvalue weighted by Gasteiger charge is -2.33. The number of hydrogen-bond acceptors (Lipinski definition) is 7. The van der Waals surface area contributed by atoms with Crippen LogP contribution in [0.15, 0.2) is 40.4 Å². The zero-order valence-corrected chi connectivity index (χ0v) is 21.1. The predicted molar refractivity (Wildman–Crippen MR) is 142 cm³/mol. The Hall–Kier alpha value is -2.90. The molecule has 7 nitrogen and oxygen atoms in total. The maximum absolute atomic E-state index is 6.73. The van der Waals surface area contributed by atoms with Crippen LogP contribution in [0.1, 0.15) is 37.3 Å². The molecule has 1 aromatic heterocycles. The molecule has 1 saturated heterocycles. The topological polar surface area (TPSA) is 65.9 Å². The number of nitrogens with one attached hydrogen (secondary N) is 1. The SMILES string of the molecule is CC1=Cc2c(ccc(Oc3nc(NC4=NCC(C5CCC5)=C4)cc(N4CCN(C)CC4)n3)c2Cl)C1. The number of rotatable bonds is 5. The highest BCUT2D eigenvalue weighted by atomic mass is 35.5. The molecule has 3 heterocycles. The van der Waals surface area contributed by atoms with Crippen molar-refractivity contribution in [2.75, 3.05) is 50.0 Å². The van der Waals surface area contributed by atoms with Crippen LogP contribution in [0.25, 0.3) is 6.08 Å². The molecule has 0 atom stereocenters. The van der Waals surface area contributed by atoms with Gasteiger partial charge in [0.2, 0.25) is 0 Å². The van der Waals surface area contributed by atoms with Crippen molar-refractivity contribution in [1.29, 1.82) is 0 Å². The molecule has 2 aliphatic heterocycles. The Morgan fingerprint density at radius 3 is 2.69 bits per heavy atom. The number of anilines is 2. The van der Waals surface area contributed by atoms with Crippen molar-refractivity contribution in [2.24, 2.45) is 10.9 Å². The number of amidine groups is 1. The second kappa shape index (κ2) is 9.28. The zero-order valence-electron chi connectivity index (χ0n) is 20.4. The fourth-order valence-electron chi connectivity index (χ4n) is 5.09. The van der Waals surface area contributed by atoms with Gasteiger partial charge in [0.05, 0.1) is 11.6 Å². The quantitative estimate of drug-likeness (QED) is 0.622. The number of benzene rings is 1. The molecule has 182 valence electrons. The molecule has 35 heavy (non-hydrogen) atoms. The Kier molecular flexibility index (Phi) is 5.98. The number of piperazine rings is 1. The molecule has 6 rings (SSSR count). The minimum absolute atomic E-state index is 0.284. The van der Waals surface area contributed by atoms with E-state index in [0.717, 1.165) is 56.4 Å². The molecule has 1 N–H and O–H groups in total. The Morgan fingerprint density at radius 2 is 1.91 bits per heavy atom. The van der Waals surface area contributed by atoms with Gasteiger partial charge in [-0.3, -0.25) is 4.99 Å². The number of likely N-dealkylation sites (N-methyl/N-ethyl adjacent to an activating group) is 1. The summed E-state index contributed by atoms with van der Waals surface area (Å²) < 4.78 is 6.20. The molecule has 0 unspecified atom stereocenters. The molecule has 1 saturated carbocycles. The summed E-state index contributed by atoms with van der Waals surface area (Å²) >= 11 is 6.73.